The Morgan fingerprint density at radius 2 is 0.517 bits per heavy atom. The van der Waals surface area contributed by atoms with Gasteiger partial charge in [0, 0.05) is 38.0 Å². The van der Waals surface area contributed by atoms with Crippen molar-refractivity contribution in [3.05, 3.63) is 432 Å². The first-order chi connectivity index (χ1) is 56.3. The maximum Gasteiger partial charge on any atom is 1.00 e. The Labute approximate surface area is 738 Å². The van der Waals surface area contributed by atoms with Gasteiger partial charge in [0.2, 0.25) is 0 Å². The fraction of sp³-hybridized carbons (Fsp3) is 0.167. The number of aryl methyl sites for hydroxylation is 5. The molecule has 16 heteroatoms. The van der Waals surface area contributed by atoms with Crippen molar-refractivity contribution >= 4 is 141 Å². The summed E-state index contributed by atoms with van der Waals surface area (Å²) in [5.74, 6) is 0.553. The number of anilines is 3. The normalized spacial score (nSPS) is 11.2. The molecule has 11 aromatic carbocycles. The predicted octanol–water partition coefficient (Wildman–Crippen LogP) is 29.2. The molecule has 118 heavy (non-hydrogen) atoms. The third-order valence-electron chi connectivity index (χ3n) is 16.5. The van der Waals surface area contributed by atoms with Gasteiger partial charge in [-0.15, -0.1) is 11.6 Å². The van der Waals surface area contributed by atoms with Crippen molar-refractivity contribution in [3.63, 3.8) is 0 Å². The topological polar surface area (TPSA) is 117 Å². The quantitative estimate of drug-likeness (QED) is 0.0109. The summed E-state index contributed by atoms with van der Waals surface area (Å²) in [6.45, 7) is 22.5. The van der Waals surface area contributed by atoms with Gasteiger partial charge in [0.1, 0.15) is 6.29 Å². The molecule has 0 saturated carbocycles. The predicted molar refractivity (Wildman–Crippen MR) is 511 cm³/mol. The van der Waals surface area contributed by atoms with Crippen LogP contribution in [0.4, 0.5) is 17.1 Å². The molecule has 0 saturated heterocycles. The summed E-state index contributed by atoms with van der Waals surface area (Å²) in [6.07, 6.45) is 37.9. The van der Waals surface area contributed by atoms with Crippen molar-refractivity contribution < 1.29 is 52.3 Å². The smallest absolute Gasteiger partial charge is 1.00 e. The molecule has 610 valence electrons. The molecule has 11 aromatic rings. The van der Waals surface area contributed by atoms with Gasteiger partial charge in [-0.05, 0) is 209 Å². The molecule has 0 aliphatic rings. The van der Waals surface area contributed by atoms with Crippen LogP contribution in [0, 0.1) is 34.6 Å². The molecule has 11 rings (SSSR count). The van der Waals surface area contributed by atoms with E-state index in [2.05, 4.69) is 288 Å². The average Bonchev–Trinajstić information content (AvgIpc) is 0.805. The second-order valence-corrected chi connectivity index (χ2v) is 30.9. The maximum atomic E-state index is 12.2. The molecule has 0 unspecified atom stereocenters. The number of allylic oxidation sites excluding steroid dienone is 9. The zero-order valence-corrected chi connectivity index (χ0v) is 74.4. The summed E-state index contributed by atoms with van der Waals surface area (Å²) < 4.78 is 38.0. The number of hydrogen-bond acceptors (Lipinski definition) is 8. The average molecular weight is 1690 g/mol. The molecule has 2 N–H and O–H groups in total. The molecule has 9 nitrogen and oxygen atoms in total. The number of halogens is 4. The third-order valence-corrected chi connectivity index (χ3v) is 21.1. The molecule has 0 heterocycles. The summed E-state index contributed by atoms with van der Waals surface area (Å²) in [6, 6.07) is 90.8. The largest absolute Gasteiger partial charge is 1.00 e. The van der Waals surface area contributed by atoms with Crippen LogP contribution in [0.2, 0.25) is 15.1 Å². The van der Waals surface area contributed by atoms with E-state index in [0.29, 0.717) is 43.9 Å². The summed E-state index contributed by atoms with van der Waals surface area (Å²) in [4.78, 5) is 12.3. The molecule has 0 amide bonds. The monoisotopic (exact) mass is 1680 g/mol. The van der Waals surface area contributed by atoms with Crippen molar-refractivity contribution in [1.82, 2.24) is 0 Å². The number of carbonyl (C=O) groups is 1. The summed E-state index contributed by atoms with van der Waals surface area (Å²) >= 11 is 22.8. The van der Waals surface area contributed by atoms with E-state index < -0.39 is 16.2 Å². The van der Waals surface area contributed by atoms with Crippen molar-refractivity contribution in [2.24, 2.45) is 0 Å². The minimum Gasteiger partial charge on any atom is -1.00 e. The number of rotatable bonds is 30. The van der Waals surface area contributed by atoms with E-state index in [1.807, 2.05) is 125 Å². The van der Waals surface area contributed by atoms with Gasteiger partial charge in [0.15, 0.2) is 0 Å². The van der Waals surface area contributed by atoms with Gasteiger partial charge in [-0.2, -0.15) is 0 Å². The van der Waals surface area contributed by atoms with E-state index in [-0.39, 0.29) is 32.6 Å². The molecule has 0 aliphatic heterocycles. The molecular weight excluding hydrogens is 1580 g/mol. The van der Waals surface area contributed by atoms with Crippen LogP contribution >= 0.6 is 62.6 Å². The van der Waals surface area contributed by atoms with Gasteiger partial charge in [-0.3, -0.25) is 9.36 Å². The zero-order chi connectivity index (χ0) is 83.4. The van der Waals surface area contributed by atoms with E-state index in [4.69, 9.17) is 69.0 Å². The van der Waals surface area contributed by atoms with Gasteiger partial charge in [-0.25, -0.2) is 0 Å². The number of alkyl halides is 1. The fourth-order valence-electron chi connectivity index (χ4n) is 10.4. The Morgan fingerprint density at radius 3 is 0.729 bits per heavy atom. The molecule has 0 aromatic heterocycles. The van der Waals surface area contributed by atoms with Gasteiger partial charge in [-0.1, -0.05) is 360 Å². The Kier molecular flexibility index (Phi) is 50.9. The number of carbonyl (C=O) groups excluding carboxylic acids is 1. The van der Waals surface area contributed by atoms with E-state index in [1.165, 1.54) is 56.1 Å². The van der Waals surface area contributed by atoms with Crippen LogP contribution in [-0.2, 0) is 44.0 Å². The van der Waals surface area contributed by atoms with Crippen molar-refractivity contribution in [1.29, 1.82) is 0 Å². The minimum atomic E-state index is -3.00. The molecule has 0 spiro atoms. The Bertz CT molecular complexity index is 4590. The van der Waals surface area contributed by atoms with Crippen LogP contribution in [0.3, 0.4) is 0 Å². The summed E-state index contributed by atoms with van der Waals surface area (Å²) in [5, 5.41) is 2.18. The van der Waals surface area contributed by atoms with E-state index in [9.17, 15) is 9.36 Å². The van der Waals surface area contributed by atoms with Crippen molar-refractivity contribution in [3.8, 4) is 0 Å². The van der Waals surface area contributed by atoms with E-state index in [0.717, 1.165) is 72.3 Å². The zero-order valence-electron chi connectivity index (χ0n) is 70.6. The van der Waals surface area contributed by atoms with Crippen LogP contribution in [-0.4, -0.2) is 39.3 Å². The van der Waals surface area contributed by atoms with Crippen molar-refractivity contribution in [2.45, 2.75) is 81.3 Å². The summed E-state index contributed by atoms with van der Waals surface area (Å²) in [7, 11) is -4.06. The second-order valence-electron chi connectivity index (χ2n) is 26.1. The van der Waals surface area contributed by atoms with Gasteiger partial charge in [0.25, 0.3) is 0 Å². The number of aldehydes is 1. The first-order valence-corrected chi connectivity index (χ1v) is 43.1. The van der Waals surface area contributed by atoms with Crippen LogP contribution < -0.4 is 23.8 Å². The van der Waals surface area contributed by atoms with Gasteiger partial charge < -0.3 is 35.1 Å². The Balaban J connectivity index is 0.000000442. The number of nitrogens with two attached hydrogens (primary N) is 1. The first-order valence-electron chi connectivity index (χ1n) is 38.6. The molecule has 0 aliphatic carbocycles. The SMILES string of the molecule is CCOP(=O)(Cc1ccc(Cl)cc1)OCC.CCOP(OCC)OCC.Cc1ccc(/C=C/C=C/c2ccc(Cl)cc2)cc1.Cc1ccc(/C=C/C=C/c2ccc(N(c3ccc(/C=C/C=C/c4ccc(C)cc4)cc3)c3ccc(/C=C/C=C/c4ccc(C)cc4)cc3)cc2)cc1.Cc1ccc(/C=C/C=O)cc1.ClCc1ccc(Cl)cc1.[H-].[Li+].[NH2-]. The van der Waals surface area contributed by atoms with E-state index in [1.54, 1.807) is 32.1 Å². The van der Waals surface area contributed by atoms with E-state index >= 15 is 0 Å². The molecule has 0 fully saturated rings. The third kappa shape index (κ3) is 41.9. The number of hydrogen-bond donors (Lipinski definition) is 0. The molecule has 0 atom stereocenters. The minimum absolute atomic E-state index is 0. The van der Waals surface area contributed by atoms with Gasteiger partial charge in [0.05, 0.1) is 39.2 Å². The molecule has 0 radical (unpaired) electrons. The summed E-state index contributed by atoms with van der Waals surface area (Å²) in [5.41, 5.74) is 22.1. The molecular formula is C102H110Cl4LiN2O7P2-. The number of benzene rings is 11. The number of nitrogens with zero attached hydrogens (tertiary/aromatic N) is 1. The fourth-order valence-corrected chi connectivity index (χ4v) is 13.5. The van der Waals surface area contributed by atoms with Crippen LogP contribution in [0.25, 0.3) is 60.8 Å². The van der Waals surface area contributed by atoms with Crippen LogP contribution in [0.1, 0.15) is 125 Å². The van der Waals surface area contributed by atoms with Crippen molar-refractivity contribution in [2.75, 3.05) is 37.9 Å². The molecule has 0 bridgehead atoms. The standard InChI is InChI=1S/C51H45N.C17H15Cl.C11H16ClO3P.C10H10O.C7H6Cl2.C6H15O3P.Li.H2N.H/c1-40-16-22-43(23-17-40)10-4-7-13-46-28-34-49(35-29-46)52(50-36-30-47(31-37-50)14-8-5-11-44-24-18-41(2)19-25-44)51-38-32-48(33-39-51)15-9-6-12-45-26-20-42(3)21-27-45;1-14-6-8-15(9-7-14)4-2-3-5-16-10-12-17(18)13-11-16;1-3-14-16(13,15-4-2)9-10-5-7-11(12)8-6-10;1-9-4-6-10(7-5-9)3-2-8-11;8-5-6-1-3-7(9)4-2-6;1-4-7-10(8-5-2)9-6-3;;;/h4-39H,1-3H3;2-13H,1H3;5-8H,3-4,9H2,1-2H3;2-8H,1H3;1-4H,5H2;4-6H2,1-3H3;;1H2;/q;;;;;;+1;2*-1/b10-4+,11-5+,12-6+,13-7+,14-8+,15-9+;4-2+,5-3+;;3-2+;;;;;. The maximum absolute atomic E-state index is 12.2. The van der Waals surface area contributed by atoms with Crippen LogP contribution in [0.15, 0.2) is 322 Å². The second kappa shape index (κ2) is 59.4. The Hall–Kier alpha value is -9.27. The first kappa shape index (κ1) is 101. The Morgan fingerprint density at radius 1 is 0.314 bits per heavy atom. The van der Waals surface area contributed by atoms with Crippen LogP contribution in [0.5, 0.6) is 0 Å². The van der Waals surface area contributed by atoms with Gasteiger partial charge >= 0.3 is 35.1 Å².